The first-order valence-electron chi connectivity index (χ1n) is 10.7. The lowest BCUT2D eigenvalue weighted by atomic mass is 9.83. The Balaban J connectivity index is 1.62. The second-order valence-electron chi connectivity index (χ2n) is 8.29. The van der Waals surface area contributed by atoms with E-state index in [2.05, 4.69) is 15.6 Å². The van der Waals surface area contributed by atoms with Crippen LogP contribution in [0.4, 0.5) is 15.9 Å². The number of benzene rings is 2. The molecule has 3 aromatic rings. The zero-order valence-corrected chi connectivity index (χ0v) is 19.9. The predicted octanol–water partition coefficient (Wildman–Crippen LogP) is 4.11. The van der Waals surface area contributed by atoms with Gasteiger partial charge in [-0.1, -0.05) is 31.2 Å². The van der Waals surface area contributed by atoms with Gasteiger partial charge in [0.05, 0.1) is 22.5 Å². The molecule has 0 aliphatic rings. The Labute approximate surface area is 198 Å². The van der Waals surface area contributed by atoms with Crippen molar-refractivity contribution in [3.63, 3.8) is 0 Å². The van der Waals surface area contributed by atoms with Crippen LogP contribution in [0.1, 0.15) is 31.9 Å². The monoisotopic (exact) mass is 483 g/mol. The van der Waals surface area contributed by atoms with E-state index in [1.54, 1.807) is 57.2 Å². The molecule has 0 radical (unpaired) electrons. The van der Waals surface area contributed by atoms with Gasteiger partial charge in [-0.05, 0) is 55.3 Å². The average molecular weight is 484 g/mol. The van der Waals surface area contributed by atoms with E-state index in [0.29, 0.717) is 16.8 Å². The van der Waals surface area contributed by atoms with Crippen molar-refractivity contribution in [2.24, 2.45) is 0 Å². The number of hydrogen-bond acceptors (Lipinski definition) is 5. The molecule has 2 aromatic carbocycles. The highest BCUT2D eigenvalue weighted by Crippen LogP contribution is 2.26. The van der Waals surface area contributed by atoms with E-state index in [1.165, 1.54) is 24.4 Å². The molecule has 0 fully saturated rings. The first-order chi connectivity index (χ1) is 16.0. The maximum Gasteiger partial charge on any atom is 0.235 e. The number of anilines is 2. The molecule has 0 aliphatic carbocycles. The van der Waals surface area contributed by atoms with E-state index in [0.717, 1.165) is 6.07 Å². The van der Waals surface area contributed by atoms with Crippen molar-refractivity contribution in [1.29, 1.82) is 0 Å². The van der Waals surface area contributed by atoms with Crippen LogP contribution in [-0.2, 0) is 31.3 Å². The second-order valence-corrected chi connectivity index (χ2v) is 10.6. The lowest BCUT2D eigenvalue weighted by molar-refractivity contribution is -0.120. The van der Waals surface area contributed by atoms with Crippen molar-refractivity contribution in [2.45, 2.75) is 37.5 Å². The predicted molar refractivity (Wildman–Crippen MR) is 129 cm³/mol. The quantitative estimate of drug-likeness (QED) is 0.502. The number of halogens is 1. The molecule has 3 rings (SSSR count). The Morgan fingerprint density at radius 2 is 1.62 bits per heavy atom. The van der Waals surface area contributed by atoms with E-state index in [9.17, 15) is 22.4 Å². The van der Waals surface area contributed by atoms with Crippen LogP contribution in [0.25, 0.3) is 0 Å². The highest BCUT2D eigenvalue weighted by molar-refractivity contribution is 7.91. The molecule has 0 unspecified atom stereocenters. The standard InChI is InChI=1S/C25H26FN3O4S/c1-4-34(32,33)21-11-5-17(6-12-21)15-23(30)28-20-9-7-18(8-10-20)25(2,3)24(31)29-22-16-19(26)13-14-27-22/h5-14,16H,4,15H2,1-3H3,(H,28,30)(H,27,29,31). The van der Waals surface area contributed by atoms with Gasteiger partial charge in [0.25, 0.3) is 0 Å². The fourth-order valence-corrected chi connectivity index (χ4v) is 4.10. The van der Waals surface area contributed by atoms with Crippen LogP contribution < -0.4 is 10.6 Å². The number of carbonyl (C=O) groups is 2. The second kappa shape index (κ2) is 10.1. The van der Waals surface area contributed by atoms with Crippen molar-refractivity contribution in [3.8, 4) is 0 Å². The molecule has 0 spiro atoms. The van der Waals surface area contributed by atoms with E-state index < -0.39 is 21.1 Å². The van der Waals surface area contributed by atoms with Gasteiger partial charge in [-0.15, -0.1) is 0 Å². The van der Waals surface area contributed by atoms with Crippen molar-refractivity contribution >= 4 is 33.2 Å². The van der Waals surface area contributed by atoms with Crippen LogP contribution in [0.15, 0.2) is 71.8 Å². The molecular weight excluding hydrogens is 457 g/mol. The SMILES string of the molecule is CCS(=O)(=O)c1ccc(CC(=O)Nc2ccc(C(C)(C)C(=O)Nc3cc(F)ccn3)cc2)cc1. The van der Waals surface area contributed by atoms with E-state index in [-0.39, 0.29) is 34.7 Å². The summed E-state index contributed by atoms with van der Waals surface area (Å²) >= 11 is 0. The minimum absolute atomic E-state index is 0.0169. The molecule has 0 aliphatic heterocycles. The van der Waals surface area contributed by atoms with Gasteiger partial charge >= 0.3 is 0 Å². The number of nitrogens with one attached hydrogen (secondary N) is 2. The number of amides is 2. The number of nitrogens with zero attached hydrogens (tertiary/aromatic N) is 1. The number of hydrogen-bond donors (Lipinski definition) is 2. The van der Waals surface area contributed by atoms with Gasteiger partial charge in [-0.3, -0.25) is 9.59 Å². The molecule has 2 N–H and O–H groups in total. The summed E-state index contributed by atoms with van der Waals surface area (Å²) in [7, 11) is -3.28. The topological polar surface area (TPSA) is 105 Å². The third-order valence-electron chi connectivity index (χ3n) is 5.45. The van der Waals surface area contributed by atoms with Gasteiger partial charge in [0.2, 0.25) is 11.8 Å². The molecule has 2 amide bonds. The number of carbonyl (C=O) groups excluding carboxylic acids is 2. The summed E-state index contributed by atoms with van der Waals surface area (Å²) in [4.78, 5) is 29.3. The van der Waals surface area contributed by atoms with Crippen molar-refractivity contribution < 1.29 is 22.4 Å². The number of pyridine rings is 1. The van der Waals surface area contributed by atoms with Crippen LogP contribution in [-0.4, -0.2) is 31.0 Å². The molecule has 1 heterocycles. The minimum atomic E-state index is -3.28. The fraction of sp³-hybridized carbons (Fsp3) is 0.240. The van der Waals surface area contributed by atoms with Crippen molar-refractivity contribution in [1.82, 2.24) is 4.98 Å². The van der Waals surface area contributed by atoms with Crippen LogP contribution in [0, 0.1) is 5.82 Å². The summed E-state index contributed by atoms with van der Waals surface area (Å²) in [6, 6.07) is 15.4. The minimum Gasteiger partial charge on any atom is -0.326 e. The summed E-state index contributed by atoms with van der Waals surface area (Å²) in [6.07, 6.45) is 1.36. The summed E-state index contributed by atoms with van der Waals surface area (Å²) < 4.78 is 37.1. The summed E-state index contributed by atoms with van der Waals surface area (Å²) in [5, 5.41) is 5.41. The van der Waals surface area contributed by atoms with Gasteiger partial charge < -0.3 is 10.6 Å². The van der Waals surface area contributed by atoms with Crippen LogP contribution in [0.3, 0.4) is 0 Å². The van der Waals surface area contributed by atoms with Crippen LogP contribution in [0.2, 0.25) is 0 Å². The Hall–Kier alpha value is -3.59. The highest BCUT2D eigenvalue weighted by Gasteiger charge is 2.30. The maximum atomic E-state index is 13.4. The highest BCUT2D eigenvalue weighted by atomic mass is 32.2. The molecule has 0 saturated carbocycles. The smallest absolute Gasteiger partial charge is 0.235 e. The average Bonchev–Trinajstić information content (AvgIpc) is 2.79. The van der Waals surface area contributed by atoms with Gasteiger partial charge in [0, 0.05) is 18.0 Å². The number of aromatic nitrogens is 1. The van der Waals surface area contributed by atoms with Gasteiger partial charge in [0.15, 0.2) is 9.84 Å². The van der Waals surface area contributed by atoms with Gasteiger partial charge in [0.1, 0.15) is 11.6 Å². The third kappa shape index (κ3) is 6.05. The number of rotatable bonds is 8. The first-order valence-corrected chi connectivity index (χ1v) is 12.3. The van der Waals surface area contributed by atoms with Gasteiger partial charge in [-0.2, -0.15) is 0 Å². The van der Waals surface area contributed by atoms with E-state index >= 15 is 0 Å². The normalized spacial score (nSPS) is 11.6. The summed E-state index contributed by atoms with van der Waals surface area (Å²) in [5.41, 5.74) is 1.01. The van der Waals surface area contributed by atoms with Crippen molar-refractivity contribution in [3.05, 3.63) is 83.8 Å². The molecule has 0 bridgehead atoms. The Bertz CT molecular complexity index is 1290. The zero-order valence-electron chi connectivity index (χ0n) is 19.1. The van der Waals surface area contributed by atoms with Crippen LogP contribution >= 0.6 is 0 Å². The van der Waals surface area contributed by atoms with E-state index in [4.69, 9.17) is 0 Å². The molecule has 0 saturated heterocycles. The molecule has 178 valence electrons. The third-order valence-corrected chi connectivity index (χ3v) is 7.20. The zero-order chi connectivity index (χ0) is 24.9. The first kappa shape index (κ1) is 25.0. The Kier molecular flexibility index (Phi) is 7.46. The molecule has 0 atom stereocenters. The fourth-order valence-electron chi connectivity index (χ4n) is 3.22. The summed E-state index contributed by atoms with van der Waals surface area (Å²) in [6.45, 7) is 5.05. The van der Waals surface area contributed by atoms with E-state index in [1.807, 2.05) is 0 Å². The molecular formula is C25H26FN3O4S. The lowest BCUT2D eigenvalue weighted by Crippen LogP contribution is -2.35. The Morgan fingerprint density at radius 1 is 0.971 bits per heavy atom. The van der Waals surface area contributed by atoms with Crippen molar-refractivity contribution in [2.75, 3.05) is 16.4 Å². The van der Waals surface area contributed by atoms with Gasteiger partial charge in [-0.25, -0.2) is 17.8 Å². The molecule has 1 aromatic heterocycles. The summed E-state index contributed by atoms with van der Waals surface area (Å²) in [5.74, 6) is -0.959. The maximum absolute atomic E-state index is 13.4. The molecule has 34 heavy (non-hydrogen) atoms. The molecule has 9 heteroatoms. The molecule has 7 nitrogen and oxygen atoms in total. The van der Waals surface area contributed by atoms with Crippen LogP contribution in [0.5, 0.6) is 0 Å². The number of sulfone groups is 1. The lowest BCUT2D eigenvalue weighted by Gasteiger charge is -2.24. The Morgan fingerprint density at radius 3 is 2.21 bits per heavy atom. The largest absolute Gasteiger partial charge is 0.326 e.